The highest BCUT2D eigenvalue weighted by Gasteiger charge is 2.42. The van der Waals surface area contributed by atoms with E-state index in [1.54, 1.807) is 0 Å². The molecule has 0 aromatic heterocycles. The molecule has 9 rings (SSSR count). The monoisotopic (exact) mass is 630 g/mol. The maximum absolute atomic E-state index is 14.4. The van der Waals surface area contributed by atoms with Gasteiger partial charge in [-0.25, -0.2) is 0 Å². The summed E-state index contributed by atoms with van der Waals surface area (Å²) in [7, 11) is 4.21. The molecule has 0 saturated heterocycles. The Kier molecular flexibility index (Phi) is 6.52. The van der Waals surface area contributed by atoms with Crippen LogP contribution in [0.1, 0.15) is 38.7 Å². The molecule has 238 valence electrons. The third-order valence-electron chi connectivity index (χ3n) is 11.3. The topological polar surface area (TPSA) is 68.2 Å². The van der Waals surface area contributed by atoms with Crippen LogP contribution in [-0.2, 0) is 4.79 Å². The number of nitrogens with one attached hydrogen (secondary N) is 1. The lowest BCUT2D eigenvalue weighted by atomic mass is 9.61. The van der Waals surface area contributed by atoms with Crippen molar-refractivity contribution in [2.75, 3.05) is 29.0 Å². The number of benzene rings is 5. The predicted molar refractivity (Wildman–Crippen MR) is 198 cm³/mol. The number of rotatable bonds is 3. The van der Waals surface area contributed by atoms with Crippen molar-refractivity contribution in [1.82, 2.24) is 0 Å². The van der Waals surface area contributed by atoms with Crippen molar-refractivity contribution in [3.8, 4) is 0 Å². The number of ketones is 1. The van der Waals surface area contributed by atoms with Crippen LogP contribution < -0.4 is 31.0 Å². The minimum absolute atomic E-state index is 0.0509. The van der Waals surface area contributed by atoms with Gasteiger partial charge in [0.15, 0.2) is 0 Å². The lowest BCUT2D eigenvalue weighted by Gasteiger charge is -2.42. The van der Waals surface area contributed by atoms with Gasteiger partial charge in [-0.2, -0.15) is 0 Å². The van der Waals surface area contributed by atoms with E-state index >= 15 is 0 Å². The second kappa shape index (κ2) is 10.7. The Bertz CT molecular complexity index is 2320. The highest BCUT2D eigenvalue weighted by molar-refractivity contribution is 6.81. The van der Waals surface area contributed by atoms with E-state index in [1.165, 1.54) is 6.42 Å². The first-order valence-corrected chi connectivity index (χ1v) is 17.3. The Morgan fingerprint density at radius 3 is 2.23 bits per heavy atom. The van der Waals surface area contributed by atoms with Crippen molar-refractivity contribution in [2.24, 2.45) is 22.7 Å². The van der Waals surface area contributed by atoms with Crippen LogP contribution in [0.15, 0.2) is 102 Å². The second-order valence-corrected chi connectivity index (χ2v) is 14.5. The summed E-state index contributed by atoms with van der Waals surface area (Å²) in [5.41, 5.74) is 5.76. The first-order chi connectivity index (χ1) is 23.3. The zero-order valence-electron chi connectivity index (χ0n) is 27.9. The number of nitrogens with zero attached hydrogens (tertiary/aromatic N) is 3. The standard InChI is InChI=1S/C41H39BN4O2/c1-23-20-24(2)22-27(21-23)41-43-31-14-8-10-25-16-18-29(37(44-41)33(25)31)35-39(47)36(40(35)48)30-19-17-26-11-9-15-32-34(26)38(30)46(4)42(45(32)3)28-12-6-5-7-13-28/h5-19,23-24,27,41,43,47H,20-22H2,1-4H3/b35-29+. The lowest BCUT2D eigenvalue weighted by Crippen LogP contribution is -2.60. The third kappa shape index (κ3) is 4.19. The van der Waals surface area contributed by atoms with E-state index in [0.29, 0.717) is 28.9 Å². The molecule has 2 aliphatic heterocycles. The van der Waals surface area contributed by atoms with Gasteiger partial charge in [-0.05, 0) is 79.5 Å². The van der Waals surface area contributed by atoms with Crippen LogP contribution in [0.25, 0.3) is 32.7 Å². The number of hydrogen-bond donors (Lipinski definition) is 2. The van der Waals surface area contributed by atoms with Crippen LogP contribution >= 0.6 is 0 Å². The highest BCUT2D eigenvalue weighted by atomic mass is 16.3. The van der Waals surface area contributed by atoms with E-state index in [9.17, 15) is 9.90 Å². The molecule has 7 heteroatoms. The molecular weight excluding hydrogens is 591 g/mol. The molecule has 0 spiro atoms. The van der Waals surface area contributed by atoms with Crippen LogP contribution in [0.5, 0.6) is 0 Å². The van der Waals surface area contributed by atoms with Crippen molar-refractivity contribution in [3.05, 3.63) is 113 Å². The Labute approximate surface area is 281 Å². The minimum Gasteiger partial charge on any atom is -0.506 e. The lowest BCUT2D eigenvalue weighted by molar-refractivity contribution is -0.109. The average Bonchev–Trinajstić information content (AvgIpc) is 3.08. The van der Waals surface area contributed by atoms with Crippen LogP contribution in [0.3, 0.4) is 0 Å². The van der Waals surface area contributed by atoms with Gasteiger partial charge in [0.25, 0.3) is 0 Å². The Hall–Kier alpha value is -5.04. The molecule has 0 amide bonds. The smallest absolute Gasteiger partial charge is 0.410 e. The normalized spacial score (nSPS) is 24.5. The minimum atomic E-state index is -0.137. The maximum Gasteiger partial charge on any atom is 0.410 e. The number of carbonyl (C=O) groups excluding carboxylic acids is 1. The van der Waals surface area contributed by atoms with Gasteiger partial charge in [-0.3, -0.25) is 9.79 Å². The van der Waals surface area contributed by atoms with Crippen molar-refractivity contribution in [2.45, 2.75) is 39.3 Å². The summed E-state index contributed by atoms with van der Waals surface area (Å²) < 4.78 is 0. The van der Waals surface area contributed by atoms with Gasteiger partial charge in [0, 0.05) is 38.6 Å². The predicted octanol–water partition coefficient (Wildman–Crippen LogP) is 6.42. The summed E-state index contributed by atoms with van der Waals surface area (Å²) in [6.07, 6.45) is 3.44. The maximum atomic E-state index is 14.4. The fourth-order valence-electron chi connectivity index (χ4n) is 9.33. The second-order valence-electron chi connectivity index (χ2n) is 14.5. The Morgan fingerprint density at radius 2 is 1.48 bits per heavy atom. The van der Waals surface area contributed by atoms with Crippen LogP contribution in [-0.4, -0.2) is 38.1 Å². The molecule has 6 nitrogen and oxygen atoms in total. The molecule has 2 heterocycles. The van der Waals surface area contributed by atoms with E-state index in [0.717, 1.165) is 73.1 Å². The van der Waals surface area contributed by atoms with Gasteiger partial charge in [0.1, 0.15) is 11.9 Å². The van der Waals surface area contributed by atoms with Crippen LogP contribution in [0.2, 0.25) is 0 Å². The largest absolute Gasteiger partial charge is 0.506 e. The fraction of sp³-hybridized carbons (Fsp3) is 0.268. The number of anilines is 3. The molecule has 1 fully saturated rings. The quantitative estimate of drug-likeness (QED) is 0.225. The van der Waals surface area contributed by atoms with Gasteiger partial charge in [0.2, 0.25) is 5.78 Å². The first-order valence-electron chi connectivity index (χ1n) is 17.3. The number of hydrogen-bond acceptors (Lipinski definition) is 6. The van der Waals surface area contributed by atoms with Gasteiger partial charge < -0.3 is 20.0 Å². The summed E-state index contributed by atoms with van der Waals surface area (Å²) in [5, 5.41) is 21.5. The van der Waals surface area contributed by atoms with Gasteiger partial charge >= 0.3 is 6.98 Å². The third-order valence-corrected chi connectivity index (χ3v) is 11.3. The first kappa shape index (κ1) is 29.1. The molecule has 1 saturated carbocycles. The number of aliphatic hydroxyl groups excluding tert-OH is 1. The summed E-state index contributed by atoms with van der Waals surface area (Å²) in [6.45, 7) is 4.61. The van der Waals surface area contributed by atoms with Crippen molar-refractivity contribution < 1.29 is 9.90 Å². The Morgan fingerprint density at radius 1 is 0.771 bits per heavy atom. The molecule has 3 unspecified atom stereocenters. The molecule has 0 radical (unpaired) electrons. The number of Topliss-reactive ketones (excluding diaryl/α,β-unsaturated/α-hetero) is 1. The molecule has 3 atom stereocenters. The summed E-state index contributed by atoms with van der Waals surface area (Å²) in [6, 6.07) is 31.2. The molecule has 5 aromatic rings. The van der Waals surface area contributed by atoms with Crippen molar-refractivity contribution >= 4 is 68.0 Å². The van der Waals surface area contributed by atoms with E-state index in [4.69, 9.17) is 4.99 Å². The molecule has 2 N–H and O–H groups in total. The summed E-state index contributed by atoms with van der Waals surface area (Å²) >= 11 is 0. The van der Waals surface area contributed by atoms with Crippen molar-refractivity contribution in [1.29, 1.82) is 0 Å². The van der Waals surface area contributed by atoms with E-state index in [1.807, 2.05) is 24.3 Å². The number of allylic oxidation sites excluding steroid dienone is 2. The molecule has 4 aliphatic rings. The molecule has 0 bridgehead atoms. The van der Waals surface area contributed by atoms with E-state index in [2.05, 4.69) is 110 Å². The molecule has 2 aliphatic carbocycles. The molecule has 48 heavy (non-hydrogen) atoms. The zero-order valence-corrected chi connectivity index (χ0v) is 27.9. The van der Waals surface area contributed by atoms with Gasteiger partial charge in [-0.1, -0.05) is 92.7 Å². The average molecular weight is 631 g/mol. The van der Waals surface area contributed by atoms with Gasteiger partial charge in [0.05, 0.1) is 16.5 Å². The van der Waals surface area contributed by atoms with Crippen LogP contribution in [0, 0.1) is 17.8 Å². The zero-order chi connectivity index (χ0) is 32.8. The molecule has 5 aromatic carbocycles. The van der Waals surface area contributed by atoms with Gasteiger partial charge in [-0.15, -0.1) is 0 Å². The van der Waals surface area contributed by atoms with E-state index < -0.39 is 0 Å². The Balaban J connectivity index is 1.24. The fourth-order valence-corrected chi connectivity index (χ4v) is 9.33. The highest BCUT2D eigenvalue weighted by Crippen LogP contribution is 2.48. The molecular formula is C41H39BN4O2. The number of carbonyl (C=O) groups is 1. The SMILES string of the molecule is CC1CC(C)CC(C2N=c3/c(=C4/C(=O)C(c5ccc6cccc7c6c5N(C)B(c5ccccc5)N7C)=C4O)ccc4cccc(c34)N2)C1. The summed E-state index contributed by atoms with van der Waals surface area (Å²) in [4.78, 5) is 24.3. The van der Waals surface area contributed by atoms with E-state index in [-0.39, 0.29) is 24.7 Å². The number of aliphatic hydroxyl groups is 1. The summed E-state index contributed by atoms with van der Waals surface area (Å²) in [5.74, 6) is 1.64. The van der Waals surface area contributed by atoms with Crippen molar-refractivity contribution in [3.63, 3.8) is 0 Å². The van der Waals surface area contributed by atoms with Crippen LogP contribution in [0.4, 0.5) is 17.1 Å².